The summed E-state index contributed by atoms with van der Waals surface area (Å²) in [6, 6.07) is 22.7. The molecule has 1 N–H and O–H groups in total. The summed E-state index contributed by atoms with van der Waals surface area (Å²) in [6.45, 7) is 1.17. The summed E-state index contributed by atoms with van der Waals surface area (Å²) in [4.78, 5) is 2.11. The van der Waals surface area contributed by atoms with E-state index in [-0.39, 0.29) is 12.6 Å². The molecular weight excluding hydrogens is 260 g/mol. The average Bonchev–Trinajstić information content (AvgIpc) is 2.55. The number of hydrogen-bond acceptors (Lipinski definition) is 3. The summed E-state index contributed by atoms with van der Waals surface area (Å²) in [5, 5.41) is 18.2. The third-order valence-electron chi connectivity index (χ3n) is 3.47. The molecule has 3 nitrogen and oxygen atoms in total. The van der Waals surface area contributed by atoms with Crippen molar-refractivity contribution in [3.8, 4) is 6.07 Å². The molecule has 2 aromatic rings. The van der Waals surface area contributed by atoms with Crippen molar-refractivity contribution < 1.29 is 5.11 Å². The number of nitrogens with zero attached hydrogens (tertiary/aromatic N) is 2. The number of rotatable bonds is 7. The molecule has 2 rings (SSSR count). The smallest absolute Gasteiger partial charge is 0.0873 e. The Kier molecular flexibility index (Phi) is 5.96. The van der Waals surface area contributed by atoms with E-state index >= 15 is 0 Å². The zero-order chi connectivity index (χ0) is 14.9. The molecular formula is C18H20N2O. The Morgan fingerprint density at radius 3 is 1.90 bits per heavy atom. The molecule has 0 amide bonds. The van der Waals surface area contributed by atoms with Crippen LogP contribution in [0.3, 0.4) is 0 Å². The van der Waals surface area contributed by atoms with Crippen LogP contribution in [0.25, 0.3) is 0 Å². The van der Waals surface area contributed by atoms with E-state index in [1.807, 2.05) is 36.4 Å². The molecule has 2 aromatic carbocycles. The number of aliphatic hydroxyl groups excluding tert-OH is 1. The normalized spacial score (nSPS) is 10.8. The first-order chi connectivity index (χ1) is 10.4. The van der Waals surface area contributed by atoms with Gasteiger partial charge < -0.3 is 5.11 Å². The molecule has 0 fully saturated rings. The van der Waals surface area contributed by atoms with Gasteiger partial charge in [0.05, 0.1) is 18.7 Å². The highest BCUT2D eigenvalue weighted by atomic mass is 16.3. The fourth-order valence-electron chi connectivity index (χ4n) is 2.55. The van der Waals surface area contributed by atoms with Crippen LogP contribution in [0.4, 0.5) is 0 Å². The average molecular weight is 280 g/mol. The van der Waals surface area contributed by atoms with Crippen LogP contribution in [-0.4, -0.2) is 29.7 Å². The third-order valence-corrected chi connectivity index (χ3v) is 3.47. The molecule has 0 aliphatic heterocycles. The lowest BCUT2D eigenvalue weighted by atomic mass is 9.97. The zero-order valence-corrected chi connectivity index (χ0v) is 12.0. The Hall–Kier alpha value is -2.15. The van der Waals surface area contributed by atoms with Gasteiger partial charge in [-0.2, -0.15) is 5.26 Å². The van der Waals surface area contributed by atoms with Gasteiger partial charge in [-0.3, -0.25) is 4.90 Å². The molecule has 0 heterocycles. The van der Waals surface area contributed by atoms with Gasteiger partial charge in [-0.1, -0.05) is 60.7 Å². The van der Waals surface area contributed by atoms with E-state index in [4.69, 9.17) is 10.4 Å². The van der Waals surface area contributed by atoms with E-state index in [0.717, 1.165) is 11.1 Å². The first-order valence-electron chi connectivity index (χ1n) is 7.18. The van der Waals surface area contributed by atoms with Gasteiger partial charge >= 0.3 is 0 Å². The highest BCUT2D eigenvalue weighted by molar-refractivity contribution is 5.32. The van der Waals surface area contributed by atoms with Crippen LogP contribution in [-0.2, 0) is 0 Å². The number of benzene rings is 2. The second-order valence-corrected chi connectivity index (χ2v) is 4.93. The summed E-state index contributed by atoms with van der Waals surface area (Å²) in [5.74, 6) is 0. The van der Waals surface area contributed by atoms with Crippen molar-refractivity contribution in [2.75, 3.05) is 19.7 Å². The minimum absolute atomic E-state index is 0.0404. The first-order valence-corrected chi connectivity index (χ1v) is 7.18. The topological polar surface area (TPSA) is 47.3 Å². The van der Waals surface area contributed by atoms with Crippen LogP contribution in [0.1, 0.15) is 23.6 Å². The predicted octanol–water partition coefficient (Wildman–Crippen LogP) is 2.98. The van der Waals surface area contributed by atoms with Gasteiger partial charge in [-0.25, -0.2) is 0 Å². The van der Waals surface area contributed by atoms with E-state index in [2.05, 4.69) is 35.2 Å². The molecule has 0 saturated carbocycles. The van der Waals surface area contributed by atoms with Crippen molar-refractivity contribution in [1.82, 2.24) is 4.90 Å². The molecule has 0 unspecified atom stereocenters. The second kappa shape index (κ2) is 8.21. The number of nitriles is 1. The van der Waals surface area contributed by atoms with Crippen LogP contribution in [0.2, 0.25) is 0 Å². The molecule has 3 heteroatoms. The maximum absolute atomic E-state index is 9.12. The fraction of sp³-hybridized carbons (Fsp3) is 0.278. The summed E-state index contributed by atoms with van der Waals surface area (Å²) >= 11 is 0. The second-order valence-electron chi connectivity index (χ2n) is 4.93. The van der Waals surface area contributed by atoms with E-state index in [1.165, 1.54) is 0 Å². The SMILES string of the molecule is N#CCN(CCCO)C(c1ccccc1)c1ccccc1. The molecule has 108 valence electrons. The summed E-state index contributed by atoms with van der Waals surface area (Å²) in [5.41, 5.74) is 2.33. The Balaban J connectivity index is 2.37. The van der Waals surface area contributed by atoms with Crippen molar-refractivity contribution >= 4 is 0 Å². The standard InChI is InChI=1S/C18H20N2O/c19-12-14-20(13-7-15-21)18(16-8-3-1-4-9-16)17-10-5-2-6-11-17/h1-6,8-11,18,21H,7,13-15H2. The lowest BCUT2D eigenvalue weighted by molar-refractivity contribution is 0.211. The Labute approximate surface area is 126 Å². The molecule has 0 radical (unpaired) electrons. The van der Waals surface area contributed by atoms with E-state index in [0.29, 0.717) is 19.5 Å². The zero-order valence-electron chi connectivity index (χ0n) is 12.0. The summed E-state index contributed by atoms with van der Waals surface area (Å²) in [6.07, 6.45) is 0.665. The molecule has 0 aliphatic carbocycles. The van der Waals surface area contributed by atoms with Gasteiger partial charge in [0.25, 0.3) is 0 Å². The maximum atomic E-state index is 9.12. The minimum Gasteiger partial charge on any atom is -0.396 e. The van der Waals surface area contributed by atoms with Crippen molar-refractivity contribution in [1.29, 1.82) is 5.26 Å². The quantitative estimate of drug-likeness (QED) is 0.793. The van der Waals surface area contributed by atoms with Crippen LogP contribution in [0, 0.1) is 11.3 Å². The van der Waals surface area contributed by atoms with Gasteiger partial charge in [0.2, 0.25) is 0 Å². The molecule has 0 bridgehead atoms. The van der Waals surface area contributed by atoms with Crippen molar-refractivity contribution in [2.24, 2.45) is 0 Å². The highest BCUT2D eigenvalue weighted by Crippen LogP contribution is 2.28. The van der Waals surface area contributed by atoms with Gasteiger partial charge in [0.15, 0.2) is 0 Å². The van der Waals surface area contributed by atoms with Crippen molar-refractivity contribution in [3.05, 3.63) is 71.8 Å². The predicted molar refractivity (Wildman–Crippen MR) is 83.6 cm³/mol. The monoisotopic (exact) mass is 280 g/mol. The van der Waals surface area contributed by atoms with Gasteiger partial charge in [0, 0.05) is 13.2 Å². The number of aliphatic hydroxyl groups is 1. The van der Waals surface area contributed by atoms with Crippen LogP contribution >= 0.6 is 0 Å². The third kappa shape index (κ3) is 4.16. The van der Waals surface area contributed by atoms with Gasteiger partial charge in [0.1, 0.15) is 0 Å². The Morgan fingerprint density at radius 1 is 0.952 bits per heavy atom. The van der Waals surface area contributed by atoms with Gasteiger partial charge in [-0.05, 0) is 17.5 Å². The van der Waals surface area contributed by atoms with Crippen LogP contribution in [0.5, 0.6) is 0 Å². The van der Waals surface area contributed by atoms with Crippen LogP contribution in [0.15, 0.2) is 60.7 Å². The maximum Gasteiger partial charge on any atom is 0.0873 e. The van der Waals surface area contributed by atoms with E-state index < -0.39 is 0 Å². The molecule has 0 spiro atoms. The molecule has 21 heavy (non-hydrogen) atoms. The Bertz CT molecular complexity index is 523. The van der Waals surface area contributed by atoms with E-state index in [9.17, 15) is 0 Å². The molecule has 0 atom stereocenters. The Morgan fingerprint density at radius 2 is 1.48 bits per heavy atom. The minimum atomic E-state index is 0.0404. The lowest BCUT2D eigenvalue weighted by Crippen LogP contribution is -2.31. The van der Waals surface area contributed by atoms with Crippen LogP contribution < -0.4 is 0 Å². The molecule has 0 aromatic heterocycles. The molecule has 0 aliphatic rings. The van der Waals surface area contributed by atoms with Crippen molar-refractivity contribution in [2.45, 2.75) is 12.5 Å². The summed E-state index contributed by atoms with van der Waals surface area (Å²) < 4.78 is 0. The largest absolute Gasteiger partial charge is 0.396 e. The van der Waals surface area contributed by atoms with Gasteiger partial charge in [-0.15, -0.1) is 0 Å². The first kappa shape index (κ1) is 15.2. The fourth-order valence-corrected chi connectivity index (χ4v) is 2.55. The summed E-state index contributed by atoms with van der Waals surface area (Å²) in [7, 11) is 0. The number of hydrogen-bond donors (Lipinski definition) is 1. The van der Waals surface area contributed by atoms with E-state index in [1.54, 1.807) is 0 Å². The molecule has 0 saturated heterocycles. The lowest BCUT2D eigenvalue weighted by Gasteiger charge is -2.30. The highest BCUT2D eigenvalue weighted by Gasteiger charge is 2.21. The van der Waals surface area contributed by atoms with Crippen molar-refractivity contribution in [3.63, 3.8) is 0 Å².